The maximum Gasteiger partial charge on any atom is 0.330 e. The van der Waals surface area contributed by atoms with Crippen LogP contribution in [0.4, 0.5) is 11.5 Å². The van der Waals surface area contributed by atoms with Gasteiger partial charge in [-0.1, -0.05) is 31.5 Å². The molecule has 182 valence electrons. The third kappa shape index (κ3) is 5.98. The Labute approximate surface area is 202 Å². The molecule has 1 aromatic heterocycles. The number of methoxy groups -OCH3 is 1. The molecule has 2 aromatic rings. The summed E-state index contributed by atoms with van der Waals surface area (Å²) in [7, 11) is 1.55. The zero-order chi connectivity index (χ0) is 24.8. The first-order valence-corrected chi connectivity index (χ1v) is 11.3. The Morgan fingerprint density at radius 2 is 2.15 bits per heavy atom. The van der Waals surface area contributed by atoms with Crippen LogP contribution in [0.15, 0.2) is 45.5 Å². The van der Waals surface area contributed by atoms with Gasteiger partial charge >= 0.3 is 5.69 Å². The number of nitrogens with zero attached hydrogens (tertiary/aromatic N) is 2. The highest BCUT2D eigenvalue weighted by atomic mass is 35.5. The lowest BCUT2D eigenvalue weighted by molar-refractivity contribution is -0.114. The number of nitrogens with two attached hydrogens (primary N) is 1. The van der Waals surface area contributed by atoms with E-state index in [1.807, 2.05) is 19.9 Å². The Hall–Kier alpha value is -3.30. The van der Waals surface area contributed by atoms with E-state index in [9.17, 15) is 14.4 Å². The van der Waals surface area contributed by atoms with Gasteiger partial charge in [-0.05, 0) is 42.2 Å². The van der Waals surface area contributed by atoms with Gasteiger partial charge < -0.3 is 20.1 Å². The second-order valence-corrected chi connectivity index (χ2v) is 8.79. The van der Waals surface area contributed by atoms with Gasteiger partial charge in [0.2, 0.25) is 0 Å². The van der Waals surface area contributed by atoms with Gasteiger partial charge in [-0.25, -0.2) is 4.79 Å². The van der Waals surface area contributed by atoms with Gasteiger partial charge in [0.15, 0.2) is 5.69 Å². The second kappa shape index (κ2) is 11.2. The Morgan fingerprint density at radius 1 is 1.38 bits per heavy atom. The molecule has 9 nitrogen and oxygen atoms in total. The van der Waals surface area contributed by atoms with Crippen molar-refractivity contribution in [1.82, 2.24) is 9.55 Å². The molecule has 0 saturated carbocycles. The molecule has 10 heteroatoms. The van der Waals surface area contributed by atoms with Crippen LogP contribution in [0.1, 0.15) is 25.8 Å². The zero-order valence-corrected chi connectivity index (χ0v) is 20.2. The van der Waals surface area contributed by atoms with Crippen LogP contribution in [0.2, 0.25) is 5.02 Å². The molecule has 2 heterocycles. The molecule has 3 rings (SSSR count). The molecular weight excluding hydrogens is 460 g/mol. The van der Waals surface area contributed by atoms with Gasteiger partial charge in [0.25, 0.3) is 11.5 Å². The smallest absolute Gasteiger partial charge is 0.330 e. The van der Waals surface area contributed by atoms with Gasteiger partial charge in [-0.3, -0.25) is 19.1 Å². The summed E-state index contributed by atoms with van der Waals surface area (Å²) < 4.78 is 12.1. The highest BCUT2D eigenvalue weighted by Gasteiger charge is 2.23. The number of anilines is 2. The summed E-state index contributed by atoms with van der Waals surface area (Å²) in [6, 6.07) is 5.32. The second-order valence-electron chi connectivity index (χ2n) is 8.36. The molecule has 0 aliphatic carbocycles. The van der Waals surface area contributed by atoms with Crippen molar-refractivity contribution in [2.45, 2.75) is 26.8 Å². The predicted octanol–water partition coefficient (Wildman–Crippen LogP) is 2.83. The van der Waals surface area contributed by atoms with Gasteiger partial charge in [-0.2, -0.15) is 0 Å². The van der Waals surface area contributed by atoms with Gasteiger partial charge in [0.1, 0.15) is 18.2 Å². The number of ether oxygens (including phenoxy) is 2. The number of carbonyl (C=O) groups excluding carboxylic acids is 1. The molecule has 34 heavy (non-hydrogen) atoms. The van der Waals surface area contributed by atoms with Crippen LogP contribution in [0, 0.1) is 5.92 Å². The number of hydrogen-bond donors (Lipinski definition) is 2. The van der Waals surface area contributed by atoms with Crippen LogP contribution < -0.4 is 26.6 Å². The molecular formula is C24H29ClN4O5. The number of nitrogen functional groups attached to an aromatic ring is 1. The third-order valence-corrected chi connectivity index (χ3v) is 5.41. The van der Waals surface area contributed by atoms with E-state index in [4.69, 9.17) is 26.8 Å². The summed E-state index contributed by atoms with van der Waals surface area (Å²) in [5.74, 6) is 0.304. The monoisotopic (exact) mass is 488 g/mol. The zero-order valence-electron chi connectivity index (χ0n) is 19.5. The van der Waals surface area contributed by atoms with Crippen molar-refractivity contribution in [2.75, 3.05) is 37.5 Å². The minimum atomic E-state index is -0.717. The number of amides is 1. The summed E-state index contributed by atoms with van der Waals surface area (Å²) in [6.07, 6.45) is 5.34. The van der Waals surface area contributed by atoms with Gasteiger partial charge in [0, 0.05) is 43.5 Å². The number of aromatic nitrogens is 2. The fraction of sp³-hybridized carbons (Fsp3) is 0.375. The lowest BCUT2D eigenvalue weighted by Gasteiger charge is -2.24. The minimum Gasteiger partial charge on any atom is -0.488 e. The fourth-order valence-corrected chi connectivity index (χ4v) is 3.79. The molecule has 0 spiro atoms. The number of carbonyl (C=O) groups is 1. The van der Waals surface area contributed by atoms with E-state index in [2.05, 4.69) is 4.98 Å². The number of benzene rings is 1. The normalized spacial score (nSPS) is 13.0. The first-order chi connectivity index (χ1) is 16.2. The van der Waals surface area contributed by atoms with Crippen molar-refractivity contribution in [3.63, 3.8) is 0 Å². The average molecular weight is 489 g/mol. The van der Waals surface area contributed by atoms with Gasteiger partial charge in [0.05, 0.1) is 0 Å². The molecule has 0 bridgehead atoms. The number of halogens is 1. The quantitative estimate of drug-likeness (QED) is 0.413. The Kier molecular flexibility index (Phi) is 8.36. The number of aromatic amines is 1. The van der Waals surface area contributed by atoms with E-state index in [-0.39, 0.29) is 30.6 Å². The maximum atomic E-state index is 13.2. The van der Waals surface area contributed by atoms with E-state index in [1.165, 1.54) is 15.5 Å². The van der Waals surface area contributed by atoms with Crippen molar-refractivity contribution in [3.8, 4) is 5.75 Å². The van der Waals surface area contributed by atoms with Crippen molar-refractivity contribution in [1.29, 1.82) is 0 Å². The number of rotatable bonds is 9. The van der Waals surface area contributed by atoms with Crippen molar-refractivity contribution in [2.24, 2.45) is 5.92 Å². The van der Waals surface area contributed by atoms with E-state index in [0.29, 0.717) is 30.3 Å². The van der Waals surface area contributed by atoms with Crippen molar-refractivity contribution >= 4 is 35.1 Å². The third-order valence-electron chi connectivity index (χ3n) is 5.18. The molecule has 0 unspecified atom stereocenters. The van der Waals surface area contributed by atoms with Gasteiger partial charge in [-0.15, -0.1) is 0 Å². The summed E-state index contributed by atoms with van der Waals surface area (Å²) >= 11 is 6.06. The van der Waals surface area contributed by atoms with Crippen LogP contribution in [0.5, 0.6) is 5.75 Å². The van der Waals surface area contributed by atoms with E-state index >= 15 is 0 Å². The Morgan fingerprint density at radius 3 is 2.85 bits per heavy atom. The molecule has 1 amide bonds. The fourth-order valence-electron chi connectivity index (χ4n) is 3.61. The van der Waals surface area contributed by atoms with Crippen molar-refractivity contribution in [3.05, 3.63) is 67.3 Å². The van der Waals surface area contributed by atoms with Crippen LogP contribution in [-0.2, 0) is 16.1 Å². The first-order valence-electron chi connectivity index (χ1n) is 10.9. The van der Waals surface area contributed by atoms with E-state index in [1.54, 1.807) is 31.4 Å². The average Bonchev–Trinajstić information content (AvgIpc) is 2.78. The summed E-state index contributed by atoms with van der Waals surface area (Å²) in [6.45, 7) is 4.99. The lowest BCUT2D eigenvalue weighted by atomic mass is 10.1. The SMILES string of the molecule is COCCCN(C(=O)/C=C/C1=Cc2cc(Cl)ccc2OC1)c1c(N)n(CC(C)C)c(=O)[nH]c1=O. The largest absolute Gasteiger partial charge is 0.488 e. The summed E-state index contributed by atoms with van der Waals surface area (Å²) in [5, 5.41) is 0.579. The Balaban J connectivity index is 1.95. The highest BCUT2D eigenvalue weighted by molar-refractivity contribution is 6.30. The molecule has 0 saturated heterocycles. The topological polar surface area (TPSA) is 120 Å². The number of nitrogens with one attached hydrogen (secondary N) is 1. The number of hydrogen-bond acceptors (Lipinski definition) is 6. The number of H-pyrrole nitrogens is 1. The van der Waals surface area contributed by atoms with Crippen LogP contribution in [-0.4, -0.2) is 42.3 Å². The first kappa shape index (κ1) is 25.3. The standard InChI is InChI=1S/C24H29ClN4O5/c1-15(2)13-29-22(26)21(23(31)27-24(29)32)28(9-4-10-33-3)20(30)8-5-16-11-17-12-18(25)6-7-19(17)34-14-16/h5-8,11-12,15H,4,9-10,13-14,26H2,1-3H3,(H,27,31,32)/b8-5+. The van der Waals surface area contributed by atoms with E-state index < -0.39 is 17.2 Å². The molecule has 0 radical (unpaired) electrons. The molecule has 1 aliphatic heterocycles. The number of fused-ring (bicyclic) bond motifs is 1. The maximum absolute atomic E-state index is 13.2. The summed E-state index contributed by atoms with van der Waals surface area (Å²) in [5.41, 5.74) is 6.41. The molecule has 0 fully saturated rings. The van der Waals surface area contributed by atoms with Crippen LogP contribution >= 0.6 is 11.6 Å². The molecule has 1 aromatic carbocycles. The van der Waals surface area contributed by atoms with Crippen LogP contribution in [0.25, 0.3) is 6.08 Å². The molecule has 1 aliphatic rings. The highest BCUT2D eigenvalue weighted by Crippen LogP contribution is 2.29. The summed E-state index contributed by atoms with van der Waals surface area (Å²) in [4.78, 5) is 41.8. The predicted molar refractivity (Wildman–Crippen MR) is 133 cm³/mol. The lowest BCUT2D eigenvalue weighted by Crippen LogP contribution is -2.41. The van der Waals surface area contributed by atoms with Crippen molar-refractivity contribution < 1.29 is 14.3 Å². The molecule has 0 atom stereocenters. The van der Waals surface area contributed by atoms with E-state index in [0.717, 1.165) is 11.1 Å². The molecule has 3 N–H and O–H groups in total. The Bertz CT molecular complexity index is 1230. The minimum absolute atomic E-state index is 0.0506. The van der Waals surface area contributed by atoms with Crippen LogP contribution in [0.3, 0.4) is 0 Å².